The smallest absolute Gasteiger partial charge is 0.399 e. The van der Waals surface area contributed by atoms with Crippen molar-refractivity contribution in [2.45, 2.75) is 39.2 Å². The Bertz CT molecular complexity index is 931. The van der Waals surface area contributed by atoms with E-state index in [1.54, 1.807) is 26.0 Å². The highest BCUT2D eigenvalue weighted by atomic mass is 35.5. The van der Waals surface area contributed by atoms with E-state index < -0.39 is 11.6 Å². The summed E-state index contributed by atoms with van der Waals surface area (Å²) in [5.41, 5.74) is 1.71. The minimum atomic E-state index is -1.17. The molecule has 1 aromatic heterocycles. The van der Waals surface area contributed by atoms with Gasteiger partial charge in [0, 0.05) is 25.8 Å². The molecule has 0 atom stereocenters. The van der Waals surface area contributed by atoms with E-state index in [0.717, 1.165) is 42.1 Å². The van der Waals surface area contributed by atoms with Gasteiger partial charge in [-0.05, 0) is 69.5 Å². The van der Waals surface area contributed by atoms with Crippen LogP contribution in [0.2, 0.25) is 4.34 Å². The van der Waals surface area contributed by atoms with Crippen molar-refractivity contribution in [1.82, 2.24) is 10.3 Å². The maximum atomic E-state index is 12.8. The summed E-state index contributed by atoms with van der Waals surface area (Å²) in [6, 6.07) is 9.08. The number of hydrogen-bond acceptors (Lipinski definition) is 6. The van der Waals surface area contributed by atoms with E-state index in [1.165, 1.54) is 6.42 Å². The normalized spacial score (nSPS) is 15.0. The molecule has 9 heteroatoms. The highest BCUT2D eigenvalue weighted by Crippen LogP contribution is 2.29. The van der Waals surface area contributed by atoms with Gasteiger partial charge in [-0.1, -0.05) is 22.9 Å². The van der Waals surface area contributed by atoms with E-state index in [1.807, 2.05) is 25.1 Å². The summed E-state index contributed by atoms with van der Waals surface area (Å²) < 4.78 is 5.70. The molecule has 162 valence electrons. The zero-order valence-electron chi connectivity index (χ0n) is 17.6. The van der Waals surface area contributed by atoms with E-state index >= 15 is 0 Å². The first kappa shape index (κ1) is 22.4. The molecule has 0 spiro atoms. The van der Waals surface area contributed by atoms with Gasteiger partial charge < -0.3 is 20.4 Å². The Kier molecular flexibility index (Phi) is 6.90. The number of aryl methyl sites for hydroxylation is 1. The number of halogens is 1. The van der Waals surface area contributed by atoms with Crippen molar-refractivity contribution in [1.29, 1.82) is 0 Å². The van der Waals surface area contributed by atoms with Crippen LogP contribution in [0.1, 0.15) is 32.3 Å². The lowest BCUT2D eigenvalue weighted by molar-refractivity contribution is -0.121. The van der Waals surface area contributed by atoms with Gasteiger partial charge in [-0.25, -0.2) is 9.80 Å². The first-order chi connectivity index (χ1) is 14.2. The van der Waals surface area contributed by atoms with Crippen molar-refractivity contribution < 1.29 is 14.3 Å². The molecule has 30 heavy (non-hydrogen) atoms. The lowest BCUT2D eigenvalue weighted by Gasteiger charge is -2.38. The monoisotopic (exact) mass is 450 g/mol. The molecule has 2 heterocycles. The molecule has 3 rings (SSSR count). The van der Waals surface area contributed by atoms with Gasteiger partial charge >= 0.3 is 6.09 Å². The Hall–Kier alpha value is -2.29. The fourth-order valence-corrected chi connectivity index (χ4v) is 4.16. The van der Waals surface area contributed by atoms with Gasteiger partial charge in [0.25, 0.3) is 0 Å². The number of hydrogen-bond donors (Lipinski definition) is 2. The van der Waals surface area contributed by atoms with Crippen molar-refractivity contribution in [3.05, 3.63) is 40.2 Å². The summed E-state index contributed by atoms with van der Waals surface area (Å²) >= 11 is 6.98. The highest BCUT2D eigenvalue weighted by Gasteiger charge is 2.31. The summed E-state index contributed by atoms with van der Waals surface area (Å²) in [6.07, 6.45) is 1.65. The molecule has 0 aliphatic carbocycles. The molecule has 1 aliphatic heterocycles. The molecule has 1 aromatic carbocycles. The molecule has 2 aromatic rings. The molecule has 0 bridgehead atoms. The fraction of sp³-hybridized carbons (Fsp3) is 0.429. The van der Waals surface area contributed by atoms with Crippen LogP contribution in [0.25, 0.3) is 0 Å². The van der Waals surface area contributed by atoms with Crippen molar-refractivity contribution in [3.63, 3.8) is 0 Å². The minimum absolute atomic E-state index is 0.342. The van der Waals surface area contributed by atoms with Crippen LogP contribution >= 0.6 is 22.9 Å². The number of anilines is 2. The topological polar surface area (TPSA) is 73.9 Å². The first-order valence-corrected chi connectivity index (χ1v) is 11.0. The van der Waals surface area contributed by atoms with Gasteiger partial charge in [-0.2, -0.15) is 0 Å². The van der Waals surface area contributed by atoms with Crippen LogP contribution in [0.3, 0.4) is 0 Å². The van der Waals surface area contributed by atoms with Gasteiger partial charge in [0.1, 0.15) is 5.54 Å². The molecule has 7 nitrogen and oxygen atoms in total. The van der Waals surface area contributed by atoms with E-state index in [4.69, 9.17) is 16.3 Å². The second-order valence-corrected chi connectivity index (χ2v) is 9.54. The lowest BCUT2D eigenvalue weighted by Crippen LogP contribution is -2.53. The third-order valence-electron chi connectivity index (χ3n) is 4.97. The predicted molar refractivity (Wildman–Crippen MR) is 122 cm³/mol. The number of rotatable bonds is 5. The summed E-state index contributed by atoms with van der Waals surface area (Å²) in [5.74, 6) is -0.342. The molecule has 1 aliphatic rings. The minimum Gasteiger partial charge on any atom is -0.399 e. The lowest BCUT2D eigenvalue weighted by atomic mass is 10.0. The van der Waals surface area contributed by atoms with Crippen molar-refractivity contribution in [2.24, 2.45) is 0 Å². The van der Waals surface area contributed by atoms with E-state index in [2.05, 4.69) is 27.7 Å². The first-order valence-electron chi connectivity index (χ1n) is 9.82. The number of nitrogens with zero attached hydrogens (tertiary/aromatic N) is 2. The van der Waals surface area contributed by atoms with E-state index in [-0.39, 0.29) is 5.91 Å². The Morgan fingerprint density at radius 1 is 1.17 bits per heavy atom. The molecule has 2 N–H and O–H groups in total. The SMILES string of the molecule is Cc1cc(NC(=O)C(C)(C)NC(=O)Oc2ccc(Cl)s2)ccc1N1CCCCN1C. The van der Waals surface area contributed by atoms with E-state index in [0.29, 0.717) is 15.1 Å². The maximum Gasteiger partial charge on any atom is 0.414 e. The standard InChI is InChI=1S/C21H27ClN4O3S/c1-14-13-15(7-8-16(14)26-12-6-5-11-25(26)4)23-19(27)21(2,3)24-20(28)29-18-10-9-17(22)30-18/h7-10,13H,5-6,11-12H2,1-4H3,(H,23,27)(H,24,28). The molecule has 1 fully saturated rings. The maximum absolute atomic E-state index is 12.8. The van der Waals surface area contributed by atoms with Crippen molar-refractivity contribution in [3.8, 4) is 5.06 Å². The molecule has 0 saturated carbocycles. The Labute approximate surface area is 185 Å². The van der Waals surface area contributed by atoms with Crippen LogP contribution in [0.15, 0.2) is 30.3 Å². The molecular weight excluding hydrogens is 424 g/mol. The largest absolute Gasteiger partial charge is 0.414 e. The molecular formula is C21H27ClN4O3S. The number of hydrazine groups is 1. The second kappa shape index (κ2) is 9.24. The third-order valence-corrected chi connectivity index (χ3v) is 6.08. The second-order valence-electron chi connectivity index (χ2n) is 7.86. The van der Waals surface area contributed by atoms with Gasteiger partial charge in [0.2, 0.25) is 5.91 Å². The number of carbonyl (C=O) groups excluding carboxylic acids is 2. The molecule has 0 unspecified atom stereocenters. The molecule has 2 amide bonds. The zero-order chi connectivity index (χ0) is 21.9. The number of amides is 2. The Morgan fingerprint density at radius 2 is 1.90 bits per heavy atom. The van der Waals surface area contributed by atoms with Crippen LogP contribution in [-0.4, -0.2) is 42.7 Å². The van der Waals surface area contributed by atoms with Gasteiger partial charge in [-0.15, -0.1) is 0 Å². The summed E-state index contributed by atoms with van der Waals surface area (Å²) in [6.45, 7) is 7.29. The van der Waals surface area contributed by atoms with Gasteiger partial charge in [0.05, 0.1) is 10.0 Å². The van der Waals surface area contributed by atoms with Crippen molar-refractivity contribution >= 4 is 46.3 Å². The van der Waals surface area contributed by atoms with Gasteiger partial charge in [0.15, 0.2) is 5.06 Å². The number of ether oxygens (including phenoxy) is 1. The number of nitrogens with one attached hydrogen (secondary N) is 2. The molecule has 1 saturated heterocycles. The van der Waals surface area contributed by atoms with Crippen LogP contribution in [0.5, 0.6) is 5.06 Å². The Balaban J connectivity index is 1.62. The fourth-order valence-electron chi connectivity index (χ4n) is 3.29. The molecule has 0 radical (unpaired) electrons. The van der Waals surface area contributed by atoms with Crippen LogP contribution < -0.4 is 20.4 Å². The zero-order valence-corrected chi connectivity index (χ0v) is 19.2. The number of carbonyl (C=O) groups is 2. The summed E-state index contributed by atoms with van der Waals surface area (Å²) in [4.78, 5) is 24.9. The Morgan fingerprint density at radius 3 is 2.53 bits per heavy atom. The average molecular weight is 451 g/mol. The number of benzene rings is 1. The predicted octanol–water partition coefficient (Wildman–Crippen LogP) is 4.66. The van der Waals surface area contributed by atoms with Crippen LogP contribution in [0.4, 0.5) is 16.2 Å². The summed E-state index contributed by atoms with van der Waals surface area (Å²) in [7, 11) is 2.09. The third kappa shape index (κ3) is 5.44. The summed E-state index contributed by atoms with van der Waals surface area (Å²) in [5, 5.41) is 10.3. The quantitative estimate of drug-likeness (QED) is 0.692. The van der Waals surface area contributed by atoms with E-state index in [9.17, 15) is 9.59 Å². The van der Waals surface area contributed by atoms with Crippen LogP contribution in [-0.2, 0) is 4.79 Å². The van der Waals surface area contributed by atoms with Gasteiger partial charge in [-0.3, -0.25) is 4.79 Å². The van der Waals surface area contributed by atoms with Crippen molar-refractivity contribution in [2.75, 3.05) is 30.5 Å². The average Bonchev–Trinajstić information content (AvgIpc) is 3.06. The number of thiophene rings is 1. The highest BCUT2D eigenvalue weighted by molar-refractivity contribution is 7.17. The van der Waals surface area contributed by atoms with Crippen LogP contribution in [0, 0.1) is 6.92 Å².